The van der Waals surface area contributed by atoms with Crippen molar-refractivity contribution < 1.29 is 23.8 Å². The molecule has 1 N–H and O–H groups in total. The number of urea groups is 1. The van der Waals surface area contributed by atoms with Crippen LogP contribution in [-0.2, 0) is 4.74 Å². The Hall–Kier alpha value is -2.64. The molecule has 0 bridgehead atoms. The third-order valence-corrected chi connectivity index (χ3v) is 3.74. The molecule has 1 saturated heterocycles. The quantitative estimate of drug-likeness (QED) is 0.909. The standard InChI is InChI=1S/C16H23N3O5/c1-4-24-16(21)19-9-7-18(8-10-19)15(20)17-13-6-5-12(22-2)11-14(13)23-3/h5-6,11H,4,7-10H2,1-3H3,(H,17,20). The van der Waals surface area contributed by atoms with Crippen molar-refractivity contribution in [2.75, 3.05) is 52.3 Å². The van der Waals surface area contributed by atoms with Gasteiger partial charge in [0.2, 0.25) is 0 Å². The molecule has 0 unspecified atom stereocenters. The lowest BCUT2D eigenvalue weighted by Gasteiger charge is -2.34. The number of hydrogen-bond donors (Lipinski definition) is 1. The molecule has 1 heterocycles. The third-order valence-electron chi connectivity index (χ3n) is 3.74. The Bertz CT molecular complexity index is 585. The SMILES string of the molecule is CCOC(=O)N1CCN(C(=O)Nc2ccc(OC)cc2OC)CC1. The normalized spacial score (nSPS) is 14.1. The molecule has 8 nitrogen and oxygen atoms in total. The zero-order valence-electron chi connectivity index (χ0n) is 14.2. The van der Waals surface area contributed by atoms with Crippen LogP contribution in [0.1, 0.15) is 6.92 Å². The van der Waals surface area contributed by atoms with Gasteiger partial charge in [-0.2, -0.15) is 0 Å². The van der Waals surface area contributed by atoms with Crippen molar-refractivity contribution in [3.8, 4) is 11.5 Å². The van der Waals surface area contributed by atoms with Crippen LogP contribution in [0.3, 0.4) is 0 Å². The summed E-state index contributed by atoms with van der Waals surface area (Å²) in [4.78, 5) is 27.3. The van der Waals surface area contributed by atoms with Crippen molar-refractivity contribution in [1.82, 2.24) is 9.80 Å². The van der Waals surface area contributed by atoms with E-state index in [9.17, 15) is 9.59 Å². The van der Waals surface area contributed by atoms with Gasteiger partial charge < -0.3 is 29.3 Å². The molecule has 0 saturated carbocycles. The molecule has 1 aromatic carbocycles. The van der Waals surface area contributed by atoms with Crippen molar-refractivity contribution in [3.05, 3.63) is 18.2 Å². The molecule has 1 fully saturated rings. The lowest BCUT2D eigenvalue weighted by Crippen LogP contribution is -2.51. The van der Waals surface area contributed by atoms with E-state index in [4.69, 9.17) is 14.2 Å². The highest BCUT2D eigenvalue weighted by Gasteiger charge is 2.25. The highest BCUT2D eigenvalue weighted by Crippen LogP contribution is 2.29. The minimum Gasteiger partial charge on any atom is -0.497 e. The Morgan fingerprint density at radius 2 is 1.75 bits per heavy atom. The van der Waals surface area contributed by atoms with Gasteiger partial charge in [-0.25, -0.2) is 9.59 Å². The number of ether oxygens (including phenoxy) is 3. The van der Waals surface area contributed by atoms with E-state index in [1.165, 1.54) is 7.11 Å². The summed E-state index contributed by atoms with van der Waals surface area (Å²) in [5.41, 5.74) is 0.566. The molecule has 0 radical (unpaired) electrons. The van der Waals surface area contributed by atoms with Crippen LogP contribution in [-0.4, -0.2) is 68.9 Å². The van der Waals surface area contributed by atoms with E-state index in [0.717, 1.165) is 0 Å². The Kier molecular flexibility index (Phi) is 6.11. The summed E-state index contributed by atoms with van der Waals surface area (Å²) >= 11 is 0. The van der Waals surface area contributed by atoms with E-state index in [0.29, 0.717) is 50.0 Å². The van der Waals surface area contributed by atoms with E-state index < -0.39 is 0 Å². The van der Waals surface area contributed by atoms with Gasteiger partial charge in [-0.15, -0.1) is 0 Å². The lowest BCUT2D eigenvalue weighted by molar-refractivity contribution is 0.0868. The molecular formula is C16H23N3O5. The van der Waals surface area contributed by atoms with Gasteiger partial charge in [-0.05, 0) is 19.1 Å². The summed E-state index contributed by atoms with van der Waals surface area (Å²) < 4.78 is 15.4. The number of amides is 3. The van der Waals surface area contributed by atoms with Gasteiger partial charge >= 0.3 is 12.1 Å². The molecule has 0 aromatic heterocycles. The molecular weight excluding hydrogens is 314 g/mol. The monoisotopic (exact) mass is 337 g/mol. The second-order valence-corrected chi connectivity index (χ2v) is 5.17. The van der Waals surface area contributed by atoms with Gasteiger partial charge in [-0.3, -0.25) is 0 Å². The maximum absolute atomic E-state index is 12.4. The number of methoxy groups -OCH3 is 2. The van der Waals surface area contributed by atoms with Gasteiger partial charge in [0.15, 0.2) is 0 Å². The first-order valence-electron chi connectivity index (χ1n) is 7.78. The smallest absolute Gasteiger partial charge is 0.409 e. The molecule has 0 atom stereocenters. The lowest BCUT2D eigenvalue weighted by atomic mass is 10.2. The van der Waals surface area contributed by atoms with Crippen molar-refractivity contribution in [3.63, 3.8) is 0 Å². The number of hydrogen-bond acceptors (Lipinski definition) is 5. The van der Waals surface area contributed by atoms with Crippen LogP contribution < -0.4 is 14.8 Å². The second-order valence-electron chi connectivity index (χ2n) is 5.17. The molecule has 3 amide bonds. The van der Waals surface area contributed by atoms with Crippen molar-refractivity contribution in [2.45, 2.75) is 6.92 Å². The molecule has 1 aromatic rings. The van der Waals surface area contributed by atoms with Crippen LogP contribution in [0, 0.1) is 0 Å². The summed E-state index contributed by atoms with van der Waals surface area (Å²) in [5.74, 6) is 1.17. The number of rotatable bonds is 4. The van der Waals surface area contributed by atoms with Gasteiger partial charge in [0.25, 0.3) is 0 Å². The van der Waals surface area contributed by atoms with E-state index >= 15 is 0 Å². The number of piperazine rings is 1. The highest BCUT2D eigenvalue weighted by atomic mass is 16.6. The first kappa shape index (κ1) is 17.7. The fraction of sp³-hybridized carbons (Fsp3) is 0.500. The van der Waals surface area contributed by atoms with Crippen molar-refractivity contribution in [1.29, 1.82) is 0 Å². The summed E-state index contributed by atoms with van der Waals surface area (Å²) in [6.45, 7) is 3.91. The second kappa shape index (κ2) is 8.28. The van der Waals surface area contributed by atoms with E-state index in [2.05, 4.69) is 5.32 Å². The molecule has 2 rings (SSSR count). The predicted octanol–water partition coefficient (Wildman–Crippen LogP) is 2.01. The summed E-state index contributed by atoms with van der Waals surface area (Å²) in [7, 11) is 3.10. The topological polar surface area (TPSA) is 80.3 Å². The van der Waals surface area contributed by atoms with Crippen LogP contribution in [0.15, 0.2) is 18.2 Å². The Morgan fingerprint density at radius 1 is 1.08 bits per heavy atom. The number of nitrogens with zero attached hydrogens (tertiary/aromatic N) is 2. The molecule has 0 aliphatic carbocycles. The highest BCUT2D eigenvalue weighted by molar-refractivity contribution is 5.91. The zero-order chi connectivity index (χ0) is 17.5. The van der Waals surface area contributed by atoms with Gasteiger partial charge in [0.1, 0.15) is 11.5 Å². The first-order valence-corrected chi connectivity index (χ1v) is 7.78. The number of carbonyl (C=O) groups is 2. The average molecular weight is 337 g/mol. The van der Waals surface area contributed by atoms with E-state index in [-0.39, 0.29) is 12.1 Å². The molecule has 1 aliphatic heterocycles. The molecule has 24 heavy (non-hydrogen) atoms. The molecule has 0 spiro atoms. The zero-order valence-corrected chi connectivity index (χ0v) is 14.2. The summed E-state index contributed by atoms with van der Waals surface area (Å²) in [5, 5.41) is 2.82. The van der Waals surface area contributed by atoms with Crippen LogP contribution >= 0.6 is 0 Å². The number of carbonyl (C=O) groups excluding carboxylic acids is 2. The van der Waals surface area contributed by atoms with Gasteiger partial charge in [0.05, 0.1) is 26.5 Å². The average Bonchev–Trinajstić information content (AvgIpc) is 2.62. The van der Waals surface area contributed by atoms with E-state index in [1.807, 2.05) is 0 Å². The van der Waals surface area contributed by atoms with E-state index in [1.54, 1.807) is 42.0 Å². The number of nitrogens with one attached hydrogen (secondary N) is 1. The van der Waals surface area contributed by atoms with Crippen LogP contribution in [0.4, 0.5) is 15.3 Å². The summed E-state index contributed by atoms with van der Waals surface area (Å²) in [6, 6.07) is 4.94. The third kappa shape index (κ3) is 4.21. The molecule has 132 valence electrons. The fourth-order valence-electron chi connectivity index (χ4n) is 2.40. The van der Waals surface area contributed by atoms with Crippen LogP contribution in [0.2, 0.25) is 0 Å². The van der Waals surface area contributed by atoms with Gasteiger partial charge in [-0.1, -0.05) is 0 Å². The minimum atomic E-state index is -0.339. The Labute approximate surface area is 141 Å². The van der Waals surface area contributed by atoms with Crippen molar-refractivity contribution in [2.24, 2.45) is 0 Å². The molecule has 8 heteroatoms. The Balaban J connectivity index is 1.93. The Morgan fingerprint density at radius 3 is 2.33 bits per heavy atom. The maximum atomic E-state index is 12.4. The van der Waals surface area contributed by atoms with Crippen LogP contribution in [0.5, 0.6) is 11.5 Å². The van der Waals surface area contributed by atoms with Crippen molar-refractivity contribution >= 4 is 17.8 Å². The maximum Gasteiger partial charge on any atom is 0.409 e. The minimum absolute atomic E-state index is 0.234. The fourth-order valence-corrected chi connectivity index (χ4v) is 2.40. The largest absolute Gasteiger partial charge is 0.497 e. The first-order chi connectivity index (χ1) is 11.6. The number of benzene rings is 1. The van der Waals surface area contributed by atoms with Crippen LogP contribution in [0.25, 0.3) is 0 Å². The number of anilines is 1. The van der Waals surface area contributed by atoms with Gasteiger partial charge in [0, 0.05) is 32.2 Å². The summed E-state index contributed by atoms with van der Waals surface area (Å²) in [6.07, 6.45) is -0.339. The molecule has 1 aliphatic rings. The predicted molar refractivity (Wildman–Crippen MR) is 88.7 cm³/mol.